The van der Waals surface area contributed by atoms with Crippen LogP contribution in [0.2, 0.25) is 0 Å². The fraction of sp³-hybridized carbons (Fsp3) is 0.214. The molecular weight excluding hydrogens is 356 g/mol. The Morgan fingerprint density at radius 2 is 2.14 bits per heavy atom. The van der Waals surface area contributed by atoms with E-state index in [1.165, 1.54) is 18.0 Å². The zero-order valence-electron chi connectivity index (χ0n) is 11.5. The van der Waals surface area contributed by atoms with Crippen molar-refractivity contribution in [2.75, 3.05) is 13.7 Å². The summed E-state index contributed by atoms with van der Waals surface area (Å²) in [7, 11) is 1.52. The monoisotopic (exact) mass is 368 g/mol. The van der Waals surface area contributed by atoms with Gasteiger partial charge in [0.2, 0.25) is 0 Å². The van der Waals surface area contributed by atoms with Gasteiger partial charge in [-0.2, -0.15) is 0 Å². The van der Waals surface area contributed by atoms with Crippen LogP contribution in [0, 0.1) is 0 Å². The van der Waals surface area contributed by atoms with Gasteiger partial charge in [-0.3, -0.25) is 19.8 Å². The molecule has 1 saturated heterocycles. The third-order valence-corrected chi connectivity index (χ3v) is 3.87. The molecule has 0 atom stereocenters. The van der Waals surface area contributed by atoms with E-state index in [2.05, 4.69) is 21.2 Å². The van der Waals surface area contributed by atoms with Crippen LogP contribution in [0.5, 0.6) is 5.75 Å². The lowest BCUT2D eigenvalue weighted by Gasteiger charge is -2.25. The van der Waals surface area contributed by atoms with Crippen molar-refractivity contribution in [1.82, 2.24) is 10.2 Å². The second-order valence-electron chi connectivity index (χ2n) is 4.30. The van der Waals surface area contributed by atoms with E-state index >= 15 is 0 Å². The van der Waals surface area contributed by atoms with Gasteiger partial charge in [0, 0.05) is 7.05 Å². The van der Waals surface area contributed by atoms with Gasteiger partial charge in [-0.05, 0) is 58.8 Å². The highest BCUT2D eigenvalue weighted by atomic mass is 79.9. The number of hydrogen-bond donors (Lipinski definition) is 1. The normalized spacial score (nSPS) is 17.2. The van der Waals surface area contributed by atoms with Gasteiger partial charge in [0.05, 0.1) is 11.1 Å². The molecule has 1 fully saturated rings. The van der Waals surface area contributed by atoms with Crippen molar-refractivity contribution < 1.29 is 14.3 Å². The van der Waals surface area contributed by atoms with Gasteiger partial charge in [-0.1, -0.05) is 6.07 Å². The second-order valence-corrected chi connectivity index (χ2v) is 5.55. The summed E-state index contributed by atoms with van der Waals surface area (Å²) in [6, 6.07) is 5.33. The zero-order chi connectivity index (χ0) is 15.6. The molecule has 0 bridgehead atoms. The summed E-state index contributed by atoms with van der Waals surface area (Å²) in [5.41, 5.74) is 0.757. The highest BCUT2D eigenvalue weighted by molar-refractivity contribution is 9.10. The van der Waals surface area contributed by atoms with E-state index in [0.29, 0.717) is 17.9 Å². The third kappa shape index (κ3) is 3.30. The Hall–Kier alpha value is -1.73. The lowest BCUT2D eigenvalue weighted by molar-refractivity contribution is -0.128. The maximum atomic E-state index is 12.1. The topological polar surface area (TPSA) is 58.6 Å². The minimum Gasteiger partial charge on any atom is -0.493 e. The molecular formula is C14H13BrN2O3S. The van der Waals surface area contributed by atoms with Crippen molar-refractivity contribution >= 4 is 51.2 Å². The van der Waals surface area contributed by atoms with Crippen LogP contribution in [0.25, 0.3) is 6.08 Å². The zero-order valence-corrected chi connectivity index (χ0v) is 13.9. The van der Waals surface area contributed by atoms with E-state index in [4.69, 9.17) is 17.0 Å². The molecule has 110 valence electrons. The number of carbonyl (C=O) groups is 2. The van der Waals surface area contributed by atoms with Crippen molar-refractivity contribution in [3.8, 4) is 5.75 Å². The summed E-state index contributed by atoms with van der Waals surface area (Å²) < 4.78 is 6.17. The summed E-state index contributed by atoms with van der Waals surface area (Å²) in [5.74, 6) is -0.209. The highest BCUT2D eigenvalue weighted by Gasteiger charge is 2.30. The Morgan fingerprint density at radius 3 is 2.76 bits per heavy atom. The Kier molecular flexibility index (Phi) is 4.74. The summed E-state index contributed by atoms with van der Waals surface area (Å²) >= 11 is 8.28. The van der Waals surface area contributed by atoms with E-state index in [-0.39, 0.29) is 10.7 Å². The fourth-order valence-corrected chi connectivity index (χ4v) is 2.48. The first kappa shape index (κ1) is 15.7. The van der Waals surface area contributed by atoms with Crippen LogP contribution in [0.4, 0.5) is 0 Å². The number of hydrogen-bond acceptors (Lipinski definition) is 4. The molecule has 0 unspecified atom stereocenters. The number of halogens is 1. The maximum absolute atomic E-state index is 12.1. The quantitative estimate of drug-likeness (QED) is 0.504. The Bertz CT molecular complexity index is 658. The molecule has 5 nitrogen and oxygen atoms in total. The summed E-state index contributed by atoms with van der Waals surface area (Å²) in [5, 5.41) is 2.58. The molecule has 0 saturated carbocycles. The molecule has 2 amide bonds. The molecule has 1 aromatic carbocycles. The molecule has 0 aromatic heterocycles. The van der Waals surface area contributed by atoms with Gasteiger partial charge in [0.15, 0.2) is 5.11 Å². The third-order valence-electron chi connectivity index (χ3n) is 2.87. The molecule has 1 aliphatic rings. The standard InChI is InChI=1S/C14H13BrN2O3S/c1-3-20-11-5-4-8(7-10(11)15)6-9-12(18)16-14(21)17(2)13(9)19/h4-7H,3H2,1-2H3,(H,16,18,21). The Morgan fingerprint density at radius 1 is 1.43 bits per heavy atom. The van der Waals surface area contributed by atoms with Gasteiger partial charge >= 0.3 is 0 Å². The van der Waals surface area contributed by atoms with Crippen LogP contribution < -0.4 is 10.1 Å². The largest absolute Gasteiger partial charge is 0.493 e. The van der Waals surface area contributed by atoms with E-state index in [1.807, 2.05) is 6.92 Å². The van der Waals surface area contributed by atoms with E-state index in [1.54, 1.807) is 18.2 Å². The van der Waals surface area contributed by atoms with Gasteiger partial charge in [-0.15, -0.1) is 0 Å². The molecule has 1 N–H and O–H groups in total. The van der Waals surface area contributed by atoms with Crippen LogP contribution in [0.1, 0.15) is 12.5 Å². The number of carbonyl (C=O) groups excluding carboxylic acids is 2. The molecule has 21 heavy (non-hydrogen) atoms. The first-order valence-corrected chi connectivity index (χ1v) is 7.41. The SMILES string of the molecule is CCOc1ccc(C=C2C(=O)NC(=S)N(C)C2=O)cc1Br. The average molecular weight is 369 g/mol. The van der Waals surface area contributed by atoms with Crippen LogP contribution in [-0.2, 0) is 9.59 Å². The number of rotatable bonds is 3. The van der Waals surface area contributed by atoms with Crippen molar-refractivity contribution in [3.63, 3.8) is 0 Å². The number of nitrogens with one attached hydrogen (secondary N) is 1. The fourth-order valence-electron chi connectivity index (χ4n) is 1.79. The van der Waals surface area contributed by atoms with Crippen molar-refractivity contribution in [1.29, 1.82) is 0 Å². The van der Waals surface area contributed by atoms with E-state index in [0.717, 1.165) is 4.47 Å². The minimum absolute atomic E-state index is 0.0437. The predicted molar refractivity (Wildman–Crippen MR) is 86.8 cm³/mol. The van der Waals surface area contributed by atoms with Crippen LogP contribution in [-0.4, -0.2) is 35.5 Å². The highest BCUT2D eigenvalue weighted by Crippen LogP contribution is 2.27. The lowest BCUT2D eigenvalue weighted by atomic mass is 10.1. The van der Waals surface area contributed by atoms with Crippen LogP contribution in [0.15, 0.2) is 28.2 Å². The molecule has 0 radical (unpaired) electrons. The summed E-state index contributed by atoms with van der Waals surface area (Å²) in [6.07, 6.45) is 1.52. The number of nitrogens with zero attached hydrogens (tertiary/aromatic N) is 1. The van der Waals surface area contributed by atoms with Crippen LogP contribution in [0.3, 0.4) is 0 Å². The predicted octanol–water partition coefficient (Wildman–Crippen LogP) is 2.10. The number of likely N-dealkylation sites (N-methyl/N-ethyl adjacent to an activating group) is 1. The molecule has 2 rings (SSSR count). The van der Waals surface area contributed by atoms with Gasteiger partial charge in [-0.25, -0.2) is 0 Å². The number of thiocarbonyl (C=S) groups is 1. The molecule has 1 aliphatic heterocycles. The second kappa shape index (κ2) is 6.36. The smallest absolute Gasteiger partial charge is 0.265 e. The Labute approximate surface area is 136 Å². The lowest BCUT2D eigenvalue weighted by Crippen LogP contribution is -2.52. The van der Waals surface area contributed by atoms with E-state index < -0.39 is 11.8 Å². The van der Waals surface area contributed by atoms with Gasteiger partial charge in [0.1, 0.15) is 11.3 Å². The number of benzene rings is 1. The van der Waals surface area contributed by atoms with Crippen molar-refractivity contribution in [2.45, 2.75) is 6.92 Å². The molecule has 7 heteroatoms. The molecule has 1 heterocycles. The molecule has 0 aliphatic carbocycles. The summed E-state index contributed by atoms with van der Waals surface area (Å²) in [6.45, 7) is 2.45. The van der Waals surface area contributed by atoms with Crippen molar-refractivity contribution in [3.05, 3.63) is 33.8 Å². The Balaban J connectivity index is 2.34. The summed E-state index contributed by atoms with van der Waals surface area (Å²) in [4.78, 5) is 25.2. The first-order chi connectivity index (χ1) is 9.93. The molecule has 0 spiro atoms. The van der Waals surface area contributed by atoms with Gasteiger partial charge < -0.3 is 4.74 Å². The van der Waals surface area contributed by atoms with Crippen LogP contribution >= 0.6 is 28.1 Å². The van der Waals surface area contributed by atoms with Gasteiger partial charge in [0.25, 0.3) is 11.8 Å². The maximum Gasteiger partial charge on any atom is 0.265 e. The number of ether oxygens (including phenoxy) is 1. The average Bonchev–Trinajstić information content (AvgIpc) is 2.44. The minimum atomic E-state index is -0.492. The molecule has 1 aromatic rings. The first-order valence-electron chi connectivity index (χ1n) is 6.21. The van der Waals surface area contributed by atoms with Crippen molar-refractivity contribution in [2.24, 2.45) is 0 Å². The number of amides is 2. The van der Waals surface area contributed by atoms with E-state index in [9.17, 15) is 9.59 Å².